The molecule has 1 spiro atoms. The highest BCUT2D eigenvalue weighted by molar-refractivity contribution is 6.33. The van der Waals surface area contributed by atoms with Crippen molar-refractivity contribution < 1.29 is 0 Å². The molecule has 126 valence electrons. The molecule has 0 amide bonds. The van der Waals surface area contributed by atoms with Crippen LogP contribution in [0.2, 0.25) is 5.02 Å². The highest BCUT2D eigenvalue weighted by atomic mass is 35.5. The van der Waals surface area contributed by atoms with Gasteiger partial charge in [-0.15, -0.1) is 0 Å². The van der Waals surface area contributed by atoms with Crippen LogP contribution in [0.25, 0.3) is 5.69 Å². The van der Waals surface area contributed by atoms with Gasteiger partial charge in [-0.1, -0.05) is 42.6 Å². The van der Waals surface area contributed by atoms with Crippen molar-refractivity contribution in [2.24, 2.45) is 5.41 Å². The minimum Gasteiger partial charge on any atom is -0.369 e. The van der Waals surface area contributed by atoms with Gasteiger partial charge in [-0.2, -0.15) is 9.78 Å². The number of piperidine rings is 1. The number of aromatic nitrogens is 2. The van der Waals surface area contributed by atoms with Crippen molar-refractivity contribution in [3.63, 3.8) is 0 Å². The van der Waals surface area contributed by atoms with E-state index in [2.05, 4.69) is 10.00 Å². The van der Waals surface area contributed by atoms with Crippen LogP contribution in [0.4, 0.5) is 5.69 Å². The number of anilines is 1. The molecule has 0 atom stereocenters. The number of para-hydroxylation sites is 1. The Bertz CT molecular complexity index is 771. The van der Waals surface area contributed by atoms with E-state index in [0.29, 0.717) is 5.41 Å². The van der Waals surface area contributed by atoms with Gasteiger partial charge >= 0.3 is 0 Å². The first-order chi connectivity index (χ1) is 11.7. The molecular formula is C19H22ClN3O. The van der Waals surface area contributed by atoms with E-state index >= 15 is 0 Å². The number of halogens is 1. The van der Waals surface area contributed by atoms with Gasteiger partial charge in [0.05, 0.1) is 17.6 Å². The van der Waals surface area contributed by atoms with Crippen LogP contribution in [-0.4, -0.2) is 22.9 Å². The molecule has 1 aromatic carbocycles. The second-order valence-corrected chi connectivity index (χ2v) is 7.47. The van der Waals surface area contributed by atoms with Crippen molar-refractivity contribution in [1.82, 2.24) is 9.78 Å². The van der Waals surface area contributed by atoms with Gasteiger partial charge in [0.2, 0.25) is 0 Å². The van der Waals surface area contributed by atoms with Crippen molar-refractivity contribution in [3.8, 4) is 5.69 Å². The molecule has 1 saturated carbocycles. The number of hydrogen-bond donors (Lipinski definition) is 0. The molecule has 0 bridgehead atoms. The van der Waals surface area contributed by atoms with Crippen LogP contribution in [0, 0.1) is 5.41 Å². The summed E-state index contributed by atoms with van der Waals surface area (Å²) < 4.78 is 1.37. The predicted octanol–water partition coefficient (Wildman–Crippen LogP) is 4.05. The van der Waals surface area contributed by atoms with E-state index in [-0.39, 0.29) is 10.6 Å². The van der Waals surface area contributed by atoms with Crippen LogP contribution in [-0.2, 0) is 0 Å². The molecule has 2 fully saturated rings. The lowest BCUT2D eigenvalue weighted by Crippen LogP contribution is -2.40. The summed E-state index contributed by atoms with van der Waals surface area (Å²) in [7, 11) is 0. The third kappa shape index (κ3) is 2.73. The van der Waals surface area contributed by atoms with Crippen LogP contribution in [0.15, 0.2) is 41.3 Å². The molecule has 2 heterocycles. The molecule has 4 rings (SSSR count). The molecule has 1 saturated heterocycles. The van der Waals surface area contributed by atoms with E-state index < -0.39 is 0 Å². The fourth-order valence-electron chi connectivity index (χ4n) is 4.24. The fraction of sp³-hybridized carbons (Fsp3) is 0.474. The first-order valence-corrected chi connectivity index (χ1v) is 9.15. The van der Waals surface area contributed by atoms with Gasteiger partial charge in [0.15, 0.2) is 0 Å². The third-order valence-electron chi connectivity index (χ3n) is 5.73. The molecular weight excluding hydrogens is 322 g/mol. The number of hydrogen-bond acceptors (Lipinski definition) is 3. The Morgan fingerprint density at radius 3 is 2.33 bits per heavy atom. The van der Waals surface area contributed by atoms with Gasteiger partial charge in [-0.25, -0.2) is 0 Å². The van der Waals surface area contributed by atoms with Crippen molar-refractivity contribution in [3.05, 3.63) is 51.9 Å². The summed E-state index contributed by atoms with van der Waals surface area (Å²) >= 11 is 6.42. The molecule has 1 aliphatic carbocycles. The molecule has 1 aliphatic heterocycles. The topological polar surface area (TPSA) is 38.1 Å². The molecule has 0 N–H and O–H groups in total. The normalized spacial score (nSPS) is 19.8. The van der Waals surface area contributed by atoms with Gasteiger partial charge in [-0.3, -0.25) is 4.79 Å². The van der Waals surface area contributed by atoms with Crippen LogP contribution >= 0.6 is 11.6 Å². The maximum absolute atomic E-state index is 12.6. The van der Waals surface area contributed by atoms with E-state index in [1.54, 1.807) is 6.20 Å². The van der Waals surface area contributed by atoms with Crippen molar-refractivity contribution in [2.75, 3.05) is 18.0 Å². The SMILES string of the molecule is O=c1c(Cl)c(N2CCC3(CCCC3)CC2)cnn1-c1ccccc1. The minimum atomic E-state index is -0.249. The predicted molar refractivity (Wildman–Crippen MR) is 97.2 cm³/mol. The Morgan fingerprint density at radius 2 is 1.67 bits per heavy atom. The standard InChI is InChI=1S/C19H22ClN3O/c20-17-16(22-12-10-19(11-13-22)8-4-5-9-19)14-21-23(18(17)24)15-6-2-1-3-7-15/h1-3,6-7,14H,4-5,8-13H2. The second kappa shape index (κ2) is 6.25. The summed E-state index contributed by atoms with van der Waals surface area (Å²) in [5, 5.41) is 4.63. The molecule has 4 nitrogen and oxygen atoms in total. The van der Waals surface area contributed by atoms with Crippen molar-refractivity contribution in [2.45, 2.75) is 38.5 Å². The zero-order valence-corrected chi connectivity index (χ0v) is 14.5. The smallest absolute Gasteiger partial charge is 0.292 e. The summed E-state index contributed by atoms with van der Waals surface area (Å²) in [5.41, 5.74) is 1.82. The van der Waals surface area contributed by atoms with E-state index in [1.807, 2.05) is 30.3 Å². The summed E-state index contributed by atoms with van der Waals surface area (Å²) in [6, 6.07) is 9.40. The maximum atomic E-state index is 12.6. The highest BCUT2D eigenvalue weighted by Crippen LogP contribution is 2.46. The average molecular weight is 344 g/mol. The molecule has 2 aliphatic rings. The fourth-order valence-corrected chi connectivity index (χ4v) is 4.49. The van der Waals surface area contributed by atoms with Gasteiger partial charge in [0, 0.05) is 13.1 Å². The lowest BCUT2D eigenvalue weighted by atomic mass is 9.77. The summed E-state index contributed by atoms with van der Waals surface area (Å²) in [6.07, 6.45) is 9.61. The molecule has 5 heteroatoms. The second-order valence-electron chi connectivity index (χ2n) is 7.09. The Balaban J connectivity index is 1.59. The highest BCUT2D eigenvalue weighted by Gasteiger charge is 2.37. The lowest BCUT2D eigenvalue weighted by molar-refractivity contribution is 0.226. The van der Waals surface area contributed by atoms with Crippen LogP contribution in [0.3, 0.4) is 0 Å². The summed E-state index contributed by atoms with van der Waals surface area (Å²) in [4.78, 5) is 14.9. The Hall–Kier alpha value is -1.81. The summed E-state index contributed by atoms with van der Waals surface area (Å²) in [5.74, 6) is 0. The molecule has 24 heavy (non-hydrogen) atoms. The van der Waals surface area contributed by atoms with Gasteiger partial charge in [0.25, 0.3) is 5.56 Å². The lowest BCUT2D eigenvalue weighted by Gasteiger charge is -2.40. The van der Waals surface area contributed by atoms with E-state index in [0.717, 1.165) is 24.5 Å². The zero-order valence-electron chi connectivity index (χ0n) is 13.7. The monoisotopic (exact) mass is 343 g/mol. The molecule has 0 unspecified atom stereocenters. The Morgan fingerprint density at radius 1 is 1.00 bits per heavy atom. The van der Waals surface area contributed by atoms with E-state index in [9.17, 15) is 4.79 Å². The molecule has 1 aromatic heterocycles. The van der Waals surface area contributed by atoms with Gasteiger partial charge in [0.1, 0.15) is 5.02 Å². The zero-order chi connectivity index (χ0) is 16.6. The number of rotatable bonds is 2. The Kier molecular flexibility index (Phi) is 4.09. The average Bonchev–Trinajstić information content (AvgIpc) is 3.07. The van der Waals surface area contributed by atoms with E-state index in [1.165, 1.54) is 43.2 Å². The quantitative estimate of drug-likeness (QED) is 0.825. The van der Waals surface area contributed by atoms with Crippen LogP contribution < -0.4 is 10.5 Å². The van der Waals surface area contributed by atoms with E-state index in [4.69, 9.17) is 11.6 Å². The minimum absolute atomic E-state index is 0.249. The molecule has 2 aromatic rings. The molecule has 0 radical (unpaired) electrons. The van der Waals surface area contributed by atoms with Gasteiger partial charge < -0.3 is 4.90 Å². The third-order valence-corrected chi connectivity index (χ3v) is 6.09. The van der Waals surface area contributed by atoms with Crippen LogP contribution in [0.1, 0.15) is 38.5 Å². The number of nitrogens with zero attached hydrogens (tertiary/aromatic N) is 3. The number of benzene rings is 1. The summed E-state index contributed by atoms with van der Waals surface area (Å²) in [6.45, 7) is 1.94. The Labute approximate surface area is 147 Å². The first kappa shape index (κ1) is 15.7. The van der Waals surface area contributed by atoms with Crippen molar-refractivity contribution >= 4 is 17.3 Å². The van der Waals surface area contributed by atoms with Crippen LogP contribution in [0.5, 0.6) is 0 Å². The van der Waals surface area contributed by atoms with Crippen molar-refractivity contribution in [1.29, 1.82) is 0 Å². The largest absolute Gasteiger partial charge is 0.369 e. The van der Waals surface area contributed by atoms with Gasteiger partial charge in [-0.05, 0) is 43.2 Å². The maximum Gasteiger partial charge on any atom is 0.292 e. The first-order valence-electron chi connectivity index (χ1n) is 8.77.